The fraction of sp³-hybridized carbons (Fsp3) is 0.208. The second-order valence-electron chi connectivity index (χ2n) is 7.93. The Morgan fingerprint density at radius 2 is 1.58 bits per heavy atom. The van der Waals surface area contributed by atoms with Crippen molar-refractivity contribution in [1.29, 1.82) is 0 Å². The van der Waals surface area contributed by atoms with Gasteiger partial charge in [-0.3, -0.25) is 13.8 Å². The number of amides is 1. The highest BCUT2D eigenvalue weighted by molar-refractivity contribution is 7.92. The van der Waals surface area contributed by atoms with Gasteiger partial charge >= 0.3 is 6.18 Å². The molecule has 0 unspecified atom stereocenters. The molecule has 0 aliphatic carbocycles. The molecule has 0 atom stereocenters. The van der Waals surface area contributed by atoms with Crippen LogP contribution in [0.1, 0.15) is 12.5 Å². The molecule has 3 aromatic carbocycles. The average Bonchev–Trinajstić information content (AvgIpc) is 2.82. The Bertz CT molecular complexity index is 1510. The molecule has 3 aromatic rings. The van der Waals surface area contributed by atoms with E-state index >= 15 is 0 Å². The standard InChI is InChI=1S/C24H24F3N3O6S2/c1-3-36-22-10-5-4-9-21(22)30(37(2,32)33)16-23(31)28-18-11-13-20(14-12-18)38(34,35)29-19-8-6-7-17(15-19)24(25,26)27/h4-15,29H,3,16H2,1-2H3,(H,28,31). The number of hydrogen-bond acceptors (Lipinski definition) is 6. The molecule has 9 nitrogen and oxygen atoms in total. The van der Waals surface area contributed by atoms with Crippen molar-refractivity contribution in [1.82, 2.24) is 0 Å². The SMILES string of the molecule is CCOc1ccccc1N(CC(=O)Nc1ccc(S(=O)(=O)Nc2cccc(C(F)(F)F)c2)cc1)S(C)(=O)=O. The van der Waals surface area contributed by atoms with Crippen molar-refractivity contribution >= 4 is 43.0 Å². The number of benzene rings is 3. The van der Waals surface area contributed by atoms with Crippen LogP contribution in [0.5, 0.6) is 5.75 Å². The van der Waals surface area contributed by atoms with Gasteiger partial charge in [0.2, 0.25) is 15.9 Å². The van der Waals surface area contributed by atoms with Gasteiger partial charge in [0.1, 0.15) is 12.3 Å². The number of nitrogens with one attached hydrogen (secondary N) is 2. The van der Waals surface area contributed by atoms with Gasteiger partial charge in [-0.05, 0) is 61.5 Å². The lowest BCUT2D eigenvalue weighted by atomic mass is 10.2. The molecule has 0 aliphatic rings. The zero-order valence-corrected chi connectivity index (χ0v) is 21.8. The first-order valence-electron chi connectivity index (χ1n) is 11.0. The molecule has 38 heavy (non-hydrogen) atoms. The lowest BCUT2D eigenvalue weighted by Crippen LogP contribution is -2.37. The van der Waals surface area contributed by atoms with Gasteiger partial charge in [-0.15, -0.1) is 0 Å². The zero-order chi connectivity index (χ0) is 28.1. The fourth-order valence-electron chi connectivity index (χ4n) is 3.34. The molecule has 0 saturated heterocycles. The topological polar surface area (TPSA) is 122 Å². The minimum Gasteiger partial charge on any atom is -0.492 e. The van der Waals surface area contributed by atoms with Gasteiger partial charge in [-0.25, -0.2) is 16.8 Å². The number of para-hydroxylation sites is 2. The maximum absolute atomic E-state index is 12.9. The second-order valence-corrected chi connectivity index (χ2v) is 11.5. The maximum atomic E-state index is 12.9. The normalized spacial score (nSPS) is 12.0. The number of nitrogens with zero attached hydrogens (tertiary/aromatic N) is 1. The molecule has 14 heteroatoms. The summed E-state index contributed by atoms with van der Waals surface area (Å²) in [4.78, 5) is 12.4. The summed E-state index contributed by atoms with van der Waals surface area (Å²) in [5.41, 5.74) is -0.943. The summed E-state index contributed by atoms with van der Waals surface area (Å²) in [5.74, 6) is -0.435. The molecule has 204 valence electrons. The molecule has 0 aromatic heterocycles. The van der Waals surface area contributed by atoms with Gasteiger partial charge in [0.05, 0.1) is 29.0 Å². The molecule has 0 bridgehead atoms. The third-order valence-corrected chi connectivity index (χ3v) is 7.54. The van der Waals surface area contributed by atoms with Gasteiger partial charge < -0.3 is 10.1 Å². The maximum Gasteiger partial charge on any atom is 0.416 e. The Morgan fingerprint density at radius 3 is 2.18 bits per heavy atom. The van der Waals surface area contributed by atoms with Gasteiger partial charge in [-0.1, -0.05) is 18.2 Å². The molecule has 0 spiro atoms. The molecule has 3 rings (SSSR count). The molecule has 0 aliphatic heterocycles. The first-order valence-corrected chi connectivity index (χ1v) is 14.3. The molecule has 0 heterocycles. The summed E-state index contributed by atoms with van der Waals surface area (Å²) >= 11 is 0. The first kappa shape index (κ1) is 28.8. The Morgan fingerprint density at radius 1 is 0.921 bits per heavy atom. The zero-order valence-electron chi connectivity index (χ0n) is 20.2. The summed E-state index contributed by atoms with van der Waals surface area (Å²) in [7, 11) is -8.12. The largest absolute Gasteiger partial charge is 0.492 e. The molecule has 1 amide bonds. The van der Waals surface area contributed by atoms with Crippen LogP contribution >= 0.6 is 0 Å². The summed E-state index contributed by atoms with van der Waals surface area (Å²) in [5, 5.41) is 2.49. The molecule has 2 N–H and O–H groups in total. The highest BCUT2D eigenvalue weighted by Crippen LogP contribution is 2.32. The summed E-state index contributed by atoms with van der Waals surface area (Å²) in [6.45, 7) is 1.42. The van der Waals surface area contributed by atoms with E-state index in [1.54, 1.807) is 25.1 Å². The second kappa shape index (κ2) is 11.3. The van der Waals surface area contributed by atoms with E-state index in [1.165, 1.54) is 24.3 Å². The Balaban J connectivity index is 1.74. The van der Waals surface area contributed by atoms with Crippen LogP contribution < -0.4 is 19.1 Å². The molecule has 0 saturated carbocycles. The van der Waals surface area contributed by atoms with E-state index in [-0.39, 0.29) is 34.3 Å². The third-order valence-electron chi connectivity index (χ3n) is 5.01. The van der Waals surface area contributed by atoms with E-state index in [0.29, 0.717) is 6.07 Å². The highest BCUT2D eigenvalue weighted by atomic mass is 32.2. The number of sulfonamides is 2. The minimum atomic E-state index is -4.64. The van der Waals surface area contributed by atoms with Gasteiger partial charge in [0.15, 0.2) is 0 Å². The van der Waals surface area contributed by atoms with Crippen molar-refractivity contribution in [3.05, 3.63) is 78.4 Å². The monoisotopic (exact) mass is 571 g/mol. The van der Waals surface area contributed by atoms with E-state index in [0.717, 1.165) is 34.8 Å². The smallest absolute Gasteiger partial charge is 0.416 e. The summed E-state index contributed by atoms with van der Waals surface area (Å²) in [6, 6.07) is 14.9. The summed E-state index contributed by atoms with van der Waals surface area (Å²) < 4.78 is 97.3. The van der Waals surface area contributed by atoms with Crippen LogP contribution in [0.15, 0.2) is 77.7 Å². The number of hydrogen-bond donors (Lipinski definition) is 2. The van der Waals surface area contributed by atoms with Crippen LogP contribution in [-0.2, 0) is 31.0 Å². The summed E-state index contributed by atoms with van der Waals surface area (Å²) in [6.07, 6.45) is -3.70. The minimum absolute atomic E-state index is 0.166. The first-order chi connectivity index (χ1) is 17.7. The van der Waals surface area contributed by atoms with E-state index in [1.807, 2.05) is 0 Å². The molecule has 0 radical (unpaired) electrons. The van der Waals surface area contributed by atoms with Crippen molar-refractivity contribution < 1.29 is 39.5 Å². The average molecular weight is 572 g/mol. The van der Waals surface area contributed by atoms with Crippen molar-refractivity contribution in [3.63, 3.8) is 0 Å². The molecular formula is C24H24F3N3O6S2. The van der Waals surface area contributed by atoms with Gasteiger partial charge in [-0.2, -0.15) is 13.2 Å². The Hall–Kier alpha value is -3.78. The van der Waals surface area contributed by atoms with Crippen molar-refractivity contribution in [2.75, 3.05) is 33.8 Å². The molecular weight excluding hydrogens is 547 g/mol. The number of carbonyl (C=O) groups excluding carboxylic acids is 1. The number of rotatable bonds is 10. The van der Waals surface area contributed by atoms with E-state index < -0.39 is 44.2 Å². The molecule has 0 fully saturated rings. The Kier molecular flexibility index (Phi) is 8.57. The van der Waals surface area contributed by atoms with E-state index in [9.17, 15) is 34.8 Å². The lowest BCUT2D eigenvalue weighted by Gasteiger charge is -2.24. The number of anilines is 3. The van der Waals surface area contributed by atoms with Crippen LogP contribution in [0.4, 0.5) is 30.2 Å². The van der Waals surface area contributed by atoms with Crippen LogP contribution in [0.25, 0.3) is 0 Å². The number of carbonyl (C=O) groups is 1. The van der Waals surface area contributed by atoms with Crippen molar-refractivity contribution in [2.45, 2.75) is 18.0 Å². The number of halogens is 3. The van der Waals surface area contributed by atoms with Crippen LogP contribution in [0.2, 0.25) is 0 Å². The third kappa shape index (κ3) is 7.38. The number of ether oxygens (including phenoxy) is 1. The highest BCUT2D eigenvalue weighted by Gasteiger charge is 2.31. The van der Waals surface area contributed by atoms with Crippen LogP contribution in [0, 0.1) is 0 Å². The van der Waals surface area contributed by atoms with Crippen LogP contribution in [0.3, 0.4) is 0 Å². The van der Waals surface area contributed by atoms with E-state index in [2.05, 4.69) is 10.0 Å². The van der Waals surface area contributed by atoms with Gasteiger partial charge in [0.25, 0.3) is 10.0 Å². The number of alkyl halides is 3. The predicted octanol–water partition coefficient (Wildman–Crippen LogP) is 4.31. The predicted molar refractivity (Wildman–Crippen MR) is 137 cm³/mol. The lowest BCUT2D eigenvalue weighted by molar-refractivity contribution is -0.137. The van der Waals surface area contributed by atoms with Crippen molar-refractivity contribution in [2.24, 2.45) is 0 Å². The quantitative estimate of drug-likeness (QED) is 0.374. The Labute approximate surface area is 218 Å². The van der Waals surface area contributed by atoms with Crippen molar-refractivity contribution in [3.8, 4) is 5.75 Å². The van der Waals surface area contributed by atoms with E-state index in [4.69, 9.17) is 4.74 Å². The van der Waals surface area contributed by atoms with Gasteiger partial charge in [0, 0.05) is 11.4 Å². The fourth-order valence-corrected chi connectivity index (χ4v) is 5.25. The van der Waals surface area contributed by atoms with Crippen LogP contribution in [-0.4, -0.2) is 42.2 Å².